The van der Waals surface area contributed by atoms with Crippen molar-refractivity contribution in [3.05, 3.63) is 18.3 Å². The average molecular weight is 224 g/mol. The number of aromatic nitrogens is 2. The molecule has 0 spiro atoms. The minimum Gasteiger partial charge on any atom is -0.392 e. The molecule has 0 fully saturated rings. The van der Waals surface area contributed by atoms with E-state index in [-0.39, 0.29) is 10.9 Å². The van der Waals surface area contributed by atoms with Gasteiger partial charge in [-0.3, -0.25) is 4.79 Å². The van der Waals surface area contributed by atoms with Gasteiger partial charge in [-0.2, -0.15) is 5.10 Å². The molecule has 0 aromatic carbocycles. The van der Waals surface area contributed by atoms with Crippen molar-refractivity contribution >= 4 is 28.9 Å². The number of nitrogens with one attached hydrogen (secondary N) is 1. The fourth-order valence-corrected chi connectivity index (χ4v) is 0.845. The van der Waals surface area contributed by atoms with Crippen LogP contribution in [0.4, 0.5) is 5.82 Å². The van der Waals surface area contributed by atoms with Crippen LogP contribution in [0.1, 0.15) is 13.8 Å². The summed E-state index contributed by atoms with van der Waals surface area (Å²) in [5.41, 5.74) is 4.56. The molecular weight excluding hydrogens is 212 g/mol. The molecule has 0 saturated carbocycles. The number of thiocarbonyl (C=S) groups is 1. The second-order valence-corrected chi connectivity index (χ2v) is 3.99. The zero-order valence-electron chi connectivity index (χ0n) is 8.52. The first kappa shape index (κ1) is 11.5. The summed E-state index contributed by atoms with van der Waals surface area (Å²) >= 11 is 4.81. The van der Waals surface area contributed by atoms with Gasteiger partial charge in [-0.05, 0) is 26.0 Å². The molecule has 0 aliphatic carbocycles. The first-order valence-electron chi connectivity index (χ1n) is 4.33. The van der Waals surface area contributed by atoms with E-state index in [1.54, 1.807) is 26.0 Å². The number of carbonyl (C=O) groups is 1. The highest BCUT2D eigenvalue weighted by molar-refractivity contribution is 7.80. The number of hydrogen-bond donors (Lipinski definition) is 2. The number of hydrogen-bond acceptors (Lipinski definition) is 4. The van der Waals surface area contributed by atoms with Gasteiger partial charge in [0.15, 0.2) is 5.82 Å². The first-order valence-corrected chi connectivity index (χ1v) is 4.74. The molecule has 1 amide bonds. The summed E-state index contributed by atoms with van der Waals surface area (Å²) in [7, 11) is 0. The number of anilines is 1. The smallest absolute Gasteiger partial charge is 0.238 e. The molecule has 1 rings (SSSR count). The van der Waals surface area contributed by atoms with Gasteiger partial charge in [-0.25, -0.2) is 0 Å². The zero-order chi connectivity index (χ0) is 11.5. The second-order valence-electron chi connectivity index (χ2n) is 3.55. The Bertz CT molecular complexity index is 377. The van der Waals surface area contributed by atoms with Crippen LogP contribution in [0.5, 0.6) is 0 Å². The highest BCUT2D eigenvalue weighted by atomic mass is 32.1. The quantitative estimate of drug-likeness (QED) is 0.740. The number of rotatable bonds is 3. The summed E-state index contributed by atoms with van der Waals surface area (Å²) in [6, 6.07) is 3.32. The Morgan fingerprint density at radius 1 is 1.60 bits per heavy atom. The summed E-state index contributed by atoms with van der Waals surface area (Å²) in [6.45, 7) is 3.31. The monoisotopic (exact) mass is 224 g/mol. The summed E-state index contributed by atoms with van der Waals surface area (Å²) in [6.07, 6.45) is 1.52. The highest BCUT2D eigenvalue weighted by Gasteiger charge is 2.31. The maximum Gasteiger partial charge on any atom is 0.238 e. The Hall–Kier alpha value is -1.56. The SMILES string of the molecule is CC(C)(C(=O)Nc1cccnn1)C(N)=S. The van der Waals surface area contributed by atoms with Crippen molar-refractivity contribution in [3.8, 4) is 0 Å². The minimum atomic E-state index is -0.896. The van der Waals surface area contributed by atoms with E-state index in [1.807, 2.05) is 0 Å². The third-order valence-corrected chi connectivity index (χ3v) is 2.51. The van der Waals surface area contributed by atoms with Crippen LogP contribution < -0.4 is 11.1 Å². The lowest BCUT2D eigenvalue weighted by Gasteiger charge is -2.21. The fourth-order valence-electron chi connectivity index (χ4n) is 0.753. The third kappa shape index (κ3) is 2.69. The number of amides is 1. The van der Waals surface area contributed by atoms with Gasteiger partial charge in [-0.15, -0.1) is 5.10 Å². The van der Waals surface area contributed by atoms with E-state index < -0.39 is 5.41 Å². The number of carbonyl (C=O) groups excluding carboxylic acids is 1. The van der Waals surface area contributed by atoms with Crippen LogP contribution in [-0.2, 0) is 4.79 Å². The van der Waals surface area contributed by atoms with Gasteiger partial charge in [0.1, 0.15) is 0 Å². The standard InChI is InChI=1S/C9H12N4OS/c1-9(2,7(10)15)8(14)12-6-4-3-5-11-13-6/h3-5H,1-2H3,(H2,10,15)(H,12,13,14). The number of nitrogens with zero attached hydrogens (tertiary/aromatic N) is 2. The van der Waals surface area contributed by atoms with E-state index in [0.29, 0.717) is 5.82 Å². The molecular formula is C9H12N4OS. The molecule has 1 aromatic heterocycles. The van der Waals surface area contributed by atoms with E-state index in [1.165, 1.54) is 6.20 Å². The predicted octanol–water partition coefficient (Wildman–Crippen LogP) is 0.727. The molecule has 0 bridgehead atoms. The maximum absolute atomic E-state index is 11.7. The first-order chi connectivity index (χ1) is 6.94. The van der Waals surface area contributed by atoms with E-state index in [0.717, 1.165) is 0 Å². The van der Waals surface area contributed by atoms with E-state index in [4.69, 9.17) is 18.0 Å². The van der Waals surface area contributed by atoms with Crippen molar-refractivity contribution in [3.63, 3.8) is 0 Å². The minimum absolute atomic E-state index is 0.142. The largest absolute Gasteiger partial charge is 0.392 e. The molecule has 0 aliphatic heterocycles. The zero-order valence-corrected chi connectivity index (χ0v) is 9.34. The summed E-state index contributed by atoms with van der Waals surface area (Å²) in [4.78, 5) is 11.9. The van der Waals surface area contributed by atoms with Crippen LogP contribution in [0.2, 0.25) is 0 Å². The van der Waals surface area contributed by atoms with Crippen LogP contribution in [-0.4, -0.2) is 21.1 Å². The molecule has 0 atom stereocenters. The van der Waals surface area contributed by atoms with Gasteiger partial charge in [0.05, 0.1) is 10.4 Å². The highest BCUT2D eigenvalue weighted by Crippen LogP contribution is 2.17. The van der Waals surface area contributed by atoms with Crippen molar-refractivity contribution in [2.75, 3.05) is 5.32 Å². The van der Waals surface area contributed by atoms with Crippen LogP contribution in [0.3, 0.4) is 0 Å². The molecule has 15 heavy (non-hydrogen) atoms. The molecule has 1 heterocycles. The molecule has 0 radical (unpaired) electrons. The van der Waals surface area contributed by atoms with Crippen LogP contribution in [0.15, 0.2) is 18.3 Å². The van der Waals surface area contributed by atoms with E-state index in [9.17, 15) is 4.79 Å². The van der Waals surface area contributed by atoms with Crippen molar-refractivity contribution < 1.29 is 4.79 Å². The Morgan fingerprint density at radius 2 is 2.27 bits per heavy atom. The molecule has 0 unspecified atom stereocenters. The summed E-state index contributed by atoms with van der Waals surface area (Å²) in [5, 5.41) is 9.94. The Morgan fingerprint density at radius 3 is 2.73 bits per heavy atom. The van der Waals surface area contributed by atoms with Gasteiger partial charge < -0.3 is 11.1 Å². The summed E-state index contributed by atoms with van der Waals surface area (Å²) in [5.74, 6) is 0.0855. The second kappa shape index (κ2) is 4.31. The lowest BCUT2D eigenvalue weighted by molar-refractivity contribution is -0.121. The fraction of sp³-hybridized carbons (Fsp3) is 0.333. The Labute approximate surface area is 93.1 Å². The van der Waals surface area contributed by atoms with E-state index >= 15 is 0 Å². The van der Waals surface area contributed by atoms with Crippen LogP contribution in [0.25, 0.3) is 0 Å². The molecule has 0 aliphatic rings. The molecule has 0 saturated heterocycles. The van der Waals surface area contributed by atoms with Gasteiger partial charge in [0.25, 0.3) is 0 Å². The van der Waals surface area contributed by atoms with Crippen LogP contribution in [0, 0.1) is 5.41 Å². The van der Waals surface area contributed by atoms with Crippen molar-refractivity contribution in [1.29, 1.82) is 0 Å². The van der Waals surface area contributed by atoms with E-state index in [2.05, 4.69) is 15.5 Å². The predicted molar refractivity (Wildman–Crippen MR) is 61.2 cm³/mol. The third-order valence-electron chi connectivity index (χ3n) is 2.00. The lowest BCUT2D eigenvalue weighted by atomic mass is 9.92. The molecule has 80 valence electrons. The Balaban J connectivity index is 2.77. The van der Waals surface area contributed by atoms with Gasteiger partial charge in [-0.1, -0.05) is 12.2 Å². The molecule has 3 N–H and O–H groups in total. The van der Waals surface area contributed by atoms with Crippen molar-refractivity contribution in [2.24, 2.45) is 11.1 Å². The van der Waals surface area contributed by atoms with Gasteiger partial charge in [0, 0.05) is 6.20 Å². The Kier molecular flexibility index (Phi) is 3.31. The van der Waals surface area contributed by atoms with Gasteiger partial charge >= 0.3 is 0 Å². The van der Waals surface area contributed by atoms with Gasteiger partial charge in [0.2, 0.25) is 5.91 Å². The summed E-state index contributed by atoms with van der Waals surface area (Å²) < 4.78 is 0. The molecule has 6 heteroatoms. The lowest BCUT2D eigenvalue weighted by Crippen LogP contribution is -2.41. The number of nitrogens with two attached hydrogens (primary N) is 1. The topological polar surface area (TPSA) is 80.9 Å². The van der Waals surface area contributed by atoms with Crippen molar-refractivity contribution in [2.45, 2.75) is 13.8 Å². The van der Waals surface area contributed by atoms with Crippen LogP contribution >= 0.6 is 12.2 Å². The maximum atomic E-state index is 11.7. The molecule has 1 aromatic rings. The van der Waals surface area contributed by atoms with Crippen molar-refractivity contribution in [1.82, 2.24) is 10.2 Å². The normalized spacial score (nSPS) is 10.8. The molecule has 5 nitrogen and oxygen atoms in total. The average Bonchev–Trinajstić information content (AvgIpc) is 2.18.